The highest BCUT2D eigenvalue weighted by molar-refractivity contribution is 5.92. The Morgan fingerprint density at radius 2 is 1.90 bits per heavy atom. The Hall–Kier alpha value is -3.35. The van der Waals surface area contributed by atoms with Crippen molar-refractivity contribution in [2.45, 2.75) is 44.7 Å². The molecule has 1 fully saturated rings. The molecule has 1 amide bonds. The lowest BCUT2D eigenvalue weighted by Crippen LogP contribution is -2.42. The van der Waals surface area contributed by atoms with Gasteiger partial charge in [0.2, 0.25) is 0 Å². The first-order valence-corrected chi connectivity index (χ1v) is 10.6. The second-order valence-electron chi connectivity index (χ2n) is 8.16. The highest BCUT2D eigenvalue weighted by atomic mass is 19.1. The first kappa shape index (κ1) is 19.6. The molecule has 2 aliphatic rings. The molecule has 2 aromatic carbocycles. The fourth-order valence-electron chi connectivity index (χ4n) is 4.16. The van der Waals surface area contributed by atoms with E-state index in [2.05, 4.69) is 5.10 Å². The van der Waals surface area contributed by atoms with Crippen LogP contribution >= 0.6 is 0 Å². The number of ether oxygens (including phenoxy) is 2. The van der Waals surface area contributed by atoms with Crippen molar-refractivity contribution in [3.8, 4) is 22.6 Å². The van der Waals surface area contributed by atoms with E-state index in [9.17, 15) is 9.18 Å². The number of rotatable bonds is 4. The van der Waals surface area contributed by atoms with Crippen LogP contribution in [0.4, 0.5) is 14.9 Å². The van der Waals surface area contributed by atoms with Crippen molar-refractivity contribution in [2.75, 3.05) is 12.0 Å². The third-order valence-corrected chi connectivity index (χ3v) is 5.99. The van der Waals surface area contributed by atoms with E-state index in [1.807, 2.05) is 36.1 Å². The van der Waals surface area contributed by atoms with Crippen molar-refractivity contribution >= 4 is 11.8 Å². The maximum atomic E-state index is 13.4. The van der Waals surface area contributed by atoms with Crippen LogP contribution in [0.3, 0.4) is 0 Å². The molecule has 1 aromatic heterocycles. The fraction of sp³-hybridized carbons (Fsp3) is 0.333. The summed E-state index contributed by atoms with van der Waals surface area (Å²) in [6.07, 6.45) is 7.33. The summed E-state index contributed by atoms with van der Waals surface area (Å²) in [4.78, 5) is 14.2. The van der Waals surface area contributed by atoms with Gasteiger partial charge in [0.15, 0.2) is 0 Å². The number of hydrogen-bond donors (Lipinski definition) is 0. The number of amides is 1. The third-order valence-electron chi connectivity index (χ3n) is 5.99. The zero-order valence-corrected chi connectivity index (χ0v) is 17.5. The molecular weight excluding hydrogens is 397 g/mol. The highest BCUT2D eigenvalue weighted by Crippen LogP contribution is 2.45. The molecule has 7 heteroatoms. The summed E-state index contributed by atoms with van der Waals surface area (Å²) in [6.45, 7) is 2.01. The van der Waals surface area contributed by atoms with Crippen molar-refractivity contribution in [1.29, 1.82) is 0 Å². The number of anilines is 1. The predicted molar refractivity (Wildman–Crippen MR) is 115 cm³/mol. The van der Waals surface area contributed by atoms with Crippen LogP contribution in [-0.2, 0) is 11.2 Å². The van der Waals surface area contributed by atoms with Crippen LogP contribution in [0.5, 0.6) is 11.5 Å². The Morgan fingerprint density at radius 3 is 2.61 bits per heavy atom. The van der Waals surface area contributed by atoms with E-state index < -0.39 is 6.09 Å². The average molecular weight is 421 g/mol. The minimum absolute atomic E-state index is 0.0158. The Morgan fingerprint density at radius 1 is 1.13 bits per heavy atom. The summed E-state index contributed by atoms with van der Waals surface area (Å²) < 4.78 is 26.8. The van der Waals surface area contributed by atoms with Crippen molar-refractivity contribution in [2.24, 2.45) is 0 Å². The van der Waals surface area contributed by atoms with Gasteiger partial charge >= 0.3 is 6.09 Å². The fourth-order valence-corrected chi connectivity index (χ4v) is 4.16. The van der Waals surface area contributed by atoms with E-state index in [-0.39, 0.29) is 11.9 Å². The lowest BCUT2D eigenvalue weighted by atomic mass is 9.92. The van der Waals surface area contributed by atoms with E-state index in [4.69, 9.17) is 9.47 Å². The molecule has 0 N–H and O–H groups in total. The van der Waals surface area contributed by atoms with Gasteiger partial charge in [-0.2, -0.15) is 5.10 Å². The van der Waals surface area contributed by atoms with Crippen LogP contribution in [0, 0.1) is 5.82 Å². The molecule has 160 valence electrons. The van der Waals surface area contributed by atoms with Gasteiger partial charge in [0.1, 0.15) is 17.3 Å². The molecule has 0 radical (unpaired) electrons. The Kier molecular flexibility index (Phi) is 4.88. The van der Waals surface area contributed by atoms with Gasteiger partial charge in [-0.15, -0.1) is 0 Å². The van der Waals surface area contributed by atoms with E-state index in [0.29, 0.717) is 17.5 Å². The van der Waals surface area contributed by atoms with Gasteiger partial charge in [0.25, 0.3) is 0 Å². The zero-order chi connectivity index (χ0) is 21.5. The van der Waals surface area contributed by atoms with E-state index in [0.717, 1.165) is 48.1 Å². The summed E-state index contributed by atoms with van der Waals surface area (Å²) in [5.74, 6) is 0.883. The molecule has 1 saturated carbocycles. The lowest BCUT2D eigenvalue weighted by Gasteiger charge is -2.35. The second kappa shape index (κ2) is 7.72. The number of aromatic nitrogens is 2. The number of benzene rings is 2. The number of hydrogen-bond acceptors (Lipinski definition) is 4. The number of carbonyl (C=O) groups is 1. The molecule has 0 unspecified atom stereocenters. The second-order valence-corrected chi connectivity index (χ2v) is 8.16. The molecule has 3 aromatic rings. The number of methoxy groups -OCH3 is 1. The Bertz CT molecular complexity index is 1120. The summed E-state index contributed by atoms with van der Waals surface area (Å²) in [5, 5.41) is 4.52. The van der Waals surface area contributed by atoms with Crippen molar-refractivity contribution in [3.63, 3.8) is 0 Å². The predicted octanol–water partition coefficient (Wildman–Crippen LogP) is 5.72. The SMILES string of the molecule is COC(=O)N1c2ccc(-c3cnn(C4CC4)c3)c(Oc3ccc(F)cc3)c2CC[C@@H]1C. The third kappa shape index (κ3) is 3.65. The first-order valence-electron chi connectivity index (χ1n) is 10.6. The molecule has 0 bridgehead atoms. The molecule has 1 atom stereocenters. The van der Waals surface area contributed by atoms with Crippen LogP contribution in [0.15, 0.2) is 48.8 Å². The summed E-state index contributed by atoms with van der Waals surface area (Å²) in [5.41, 5.74) is 3.56. The molecule has 0 saturated heterocycles. The van der Waals surface area contributed by atoms with Crippen molar-refractivity contribution < 1.29 is 18.7 Å². The smallest absolute Gasteiger partial charge is 0.414 e. The van der Waals surface area contributed by atoms with Crippen LogP contribution in [-0.4, -0.2) is 29.0 Å². The van der Waals surface area contributed by atoms with E-state index >= 15 is 0 Å². The standard InChI is InChI=1S/C24H24FN3O3/c1-15-3-10-21-22(28(15)24(29)30-2)12-11-20(16-13-26-27(14-16)18-6-7-18)23(21)31-19-8-4-17(25)5-9-19/h4-5,8-9,11-15,18H,3,6-7,10H2,1-2H3/t15-/m0/s1. The summed E-state index contributed by atoms with van der Waals surface area (Å²) in [6, 6.07) is 10.4. The van der Waals surface area contributed by atoms with Gasteiger partial charge in [-0.1, -0.05) is 0 Å². The minimum atomic E-state index is -0.393. The number of halogens is 1. The monoisotopic (exact) mass is 421 g/mol. The summed E-state index contributed by atoms with van der Waals surface area (Å²) >= 11 is 0. The quantitative estimate of drug-likeness (QED) is 0.540. The molecule has 6 nitrogen and oxygen atoms in total. The Labute approximate surface area is 180 Å². The molecule has 1 aliphatic heterocycles. The normalized spacial score (nSPS) is 17.9. The van der Waals surface area contributed by atoms with Crippen LogP contribution in [0.1, 0.15) is 37.8 Å². The van der Waals surface area contributed by atoms with Gasteiger partial charge in [0, 0.05) is 28.9 Å². The van der Waals surface area contributed by atoms with Gasteiger partial charge in [0.05, 0.1) is 25.0 Å². The van der Waals surface area contributed by atoms with Gasteiger partial charge in [-0.05, 0) is 69.0 Å². The maximum absolute atomic E-state index is 13.4. The van der Waals surface area contributed by atoms with Crippen LogP contribution < -0.4 is 9.64 Å². The lowest BCUT2D eigenvalue weighted by molar-refractivity contribution is 0.175. The molecule has 0 spiro atoms. The molecule has 2 heterocycles. The average Bonchev–Trinajstić information content (AvgIpc) is 3.52. The number of nitrogens with zero attached hydrogens (tertiary/aromatic N) is 3. The topological polar surface area (TPSA) is 56.6 Å². The molecule has 31 heavy (non-hydrogen) atoms. The molecule has 1 aliphatic carbocycles. The molecule has 5 rings (SSSR count). The maximum Gasteiger partial charge on any atom is 0.414 e. The number of fused-ring (bicyclic) bond motifs is 1. The van der Waals surface area contributed by atoms with Crippen LogP contribution in [0.2, 0.25) is 0 Å². The van der Waals surface area contributed by atoms with Gasteiger partial charge in [-0.3, -0.25) is 9.58 Å². The Balaban J connectivity index is 1.63. The van der Waals surface area contributed by atoms with E-state index in [1.54, 1.807) is 17.0 Å². The van der Waals surface area contributed by atoms with Crippen LogP contribution in [0.25, 0.3) is 11.1 Å². The van der Waals surface area contributed by atoms with Crippen molar-refractivity contribution in [3.05, 3.63) is 60.2 Å². The summed E-state index contributed by atoms with van der Waals surface area (Å²) in [7, 11) is 1.39. The largest absolute Gasteiger partial charge is 0.456 e. The van der Waals surface area contributed by atoms with Gasteiger partial charge in [-0.25, -0.2) is 9.18 Å². The van der Waals surface area contributed by atoms with Crippen molar-refractivity contribution in [1.82, 2.24) is 9.78 Å². The zero-order valence-electron chi connectivity index (χ0n) is 17.5. The van der Waals surface area contributed by atoms with E-state index in [1.165, 1.54) is 19.2 Å². The minimum Gasteiger partial charge on any atom is -0.456 e. The first-order chi connectivity index (χ1) is 15.0. The van der Waals surface area contributed by atoms with Gasteiger partial charge < -0.3 is 9.47 Å². The number of carbonyl (C=O) groups excluding carboxylic acids is 1. The molecular formula is C24H24FN3O3. The highest BCUT2D eigenvalue weighted by Gasteiger charge is 2.33.